The number of unbranched alkanes of at least 4 members (excludes halogenated alkanes) is 1. The van der Waals surface area contributed by atoms with E-state index in [-0.39, 0.29) is 0 Å². The van der Waals surface area contributed by atoms with Crippen LogP contribution in [-0.2, 0) is 0 Å². The van der Waals surface area contributed by atoms with E-state index in [0.29, 0.717) is 6.17 Å². The van der Waals surface area contributed by atoms with E-state index >= 15 is 0 Å². The van der Waals surface area contributed by atoms with E-state index in [1.165, 1.54) is 29.5 Å². The first kappa shape index (κ1) is 12.9. The molecule has 0 aliphatic heterocycles. The molecular weight excluding hydrogens is 176 g/mol. The minimum Gasteiger partial charge on any atom is -0.294 e. The van der Waals surface area contributed by atoms with Crippen LogP contribution in [-0.4, -0.2) is 54.4 Å². The summed E-state index contributed by atoms with van der Waals surface area (Å²) in [5.74, 6) is 0. The summed E-state index contributed by atoms with van der Waals surface area (Å²) < 4.78 is 0. The van der Waals surface area contributed by atoms with Crippen LogP contribution >= 0.6 is 0 Å². The summed E-state index contributed by atoms with van der Waals surface area (Å²) in [6.07, 6.45) is 6.67. The highest BCUT2D eigenvalue weighted by atomic mass is 28.1. The van der Waals surface area contributed by atoms with Crippen molar-refractivity contribution in [2.45, 2.75) is 25.4 Å². The Morgan fingerprint density at radius 3 is 2.08 bits per heavy atom. The van der Waals surface area contributed by atoms with Crippen LogP contribution in [0.15, 0.2) is 11.8 Å². The number of hydrogen-bond acceptors (Lipinski definition) is 2. The maximum Gasteiger partial charge on any atom is 0.0612 e. The van der Waals surface area contributed by atoms with E-state index < -0.39 is 0 Å². The van der Waals surface area contributed by atoms with Crippen molar-refractivity contribution >= 4 is 10.2 Å². The fraction of sp³-hybridized carbons (Fsp3) is 0.800. The number of rotatable bonds is 6. The summed E-state index contributed by atoms with van der Waals surface area (Å²) in [5, 5.41) is 0. The van der Waals surface area contributed by atoms with Crippen LogP contribution in [0.5, 0.6) is 0 Å². The molecule has 0 saturated carbocycles. The summed E-state index contributed by atoms with van der Waals surface area (Å²) in [6.45, 7) is 0. The Balaban J connectivity index is 3.70. The zero-order chi connectivity index (χ0) is 10.3. The Labute approximate surface area is 86.0 Å². The van der Waals surface area contributed by atoms with E-state index in [1.807, 2.05) is 0 Å². The third-order valence-corrected chi connectivity index (χ3v) is 2.73. The topological polar surface area (TPSA) is 6.48 Å². The average Bonchev–Trinajstić information content (AvgIpc) is 2.02. The van der Waals surface area contributed by atoms with Crippen molar-refractivity contribution in [3.05, 3.63) is 11.8 Å². The Hall–Kier alpha value is -0.123. The van der Waals surface area contributed by atoms with Crippen molar-refractivity contribution < 1.29 is 0 Å². The summed E-state index contributed by atoms with van der Waals surface area (Å²) in [4.78, 5) is 4.56. The molecule has 78 valence electrons. The number of hydrogen-bond donors (Lipinski definition) is 0. The SMILES string of the molecule is CN(C)C(CCCC=C[SiH3])N(C)C. The normalized spacial score (nSPS) is 12.8. The van der Waals surface area contributed by atoms with Gasteiger partial charge in [-0.25, -0.2) is 0 Å². The predicted octanol–water partition coefficient (Wildman–Crippen LogP) is 0.485. The fourth-order valence-electron chi connectivity index (χ4n) is 1.56. The van der Waals surface area contributed by atoms with E-state index in [1.54, 1.807) is 0 Å². The van der Waals surface area contributed by atoms with Gasteiger partial charge in [0, 0.05) is 10.2 Å². The summed E-state index contributed by atoms with van der Waals surface area (Å²) in [7, 11) is 9.78. The van der Waals surface area contributed by atoms with Crippen LogP contribution in [0.1, 0.15) is 19.3 Å². The molecule has 0 unspecified atom stereocenters. The minimum atomic E-state index is 0.586. The molecule has 0 aromatic heterocycles. The van der Waals surface area contributed by atoms with Gasteiger partial charge in [0.15, 0.2) is 0 Å². The van der Waals surface area contributed by atoms with Gasteiger partial charge in [0.2, 0.25) is 0 Å². The van der Waals surface area contributed by atoms with Crippen LogP contribution in [0, 0.1) is 0 Å². The maximum absolute atomic E-state index is 2.30. The quantitative estimate of drug-likeness (QED) is 0.350. The number of allylic oxidation sites excluding steroid dienone is 1. The second-order valence-corrected chi connectivity index (χ2v) is 4.57. The van der Waals surface area contributed by atoms with Crippen molar-refractivity contribution in [2.75, 3.05) is 28.2 Å². The van der Waals surface area contributed by atoms with Crippen molar-refractivity contribution in [1.82, 2.24) is 9.80 Å². The lowest BCUT2D eigenvalue weighted by molar-refractivity contribution is 0.118. The van der Waals surface area contributed by atoms with Crippen LogP contribution in [0.4, 0.5) is 0 Å². The van der Waals surface area contributed by atoms with Gasteiger partial charge in [0.1, 0.15) is 0 Å². The molecule has 0 aromatic carbocycles. The summed E-state index contributed by atoms with van der Waals surface area (Å²) >= 11 is 0. The summed E-state index contributed by atoms with van der Waals surface area (Å²) in [5.41, 5.74) is 2.26. The zero-order valence-corrected chi connectivity index (χ0v) is 11.7. The maximum atomic E-state index is 2.30. The van der Waals surface area contributed by atoms with Crippen molar-refractivity contribution in [3.63, 3.8) is 0 Å². The molecule has 3 heteroatoms. The molecule has 13 heavy (non-hydrogen) atoms. The molecule has 0 fully saturated rings. The van der Waals surface area contributed by atoms with Gasteiger partial charge >= 0.3 is 0 Å². The molecule has 0 aromatic rings. The van der Waals surface area contributed by atoms with Gasteiger partial charge in [-0.3, -0.25) is 9.80 Å². The third kappa shape index (κ3) is 6.02. The molecule has 2 nitrogen and oxygen atoms in total. The first-order valence-corrected chi connectivity index (χ1v) is 6.19. The molecule has 0 spiro atoms. The zero-order valence-electron chi connectivity index (χ0n) is 9.75. The van der Waals surface area contributed by atoms with Gasteiger partial charge in [0.25, 0.3) is 0 Å². The van der Waals surface area contributed by atoms with Crippen molar-refractivity contribution in [2.24, 2.45) is 0 Å². The Morgan fingerprint density at radius 1 is 1.15 bits per heavy atom. The first-order chi connectivity index (χ1) is 6.09. The number of nitrogens with zero attached hydrogens (tertiary/aromatic N) is 2. The van der Waals surface area contributed by atoms with Gasteiger partial charge in [-0.1, -0.05) is 6.08 Å². The minimum absolute atomic E-state index is 0.586. The van der Waals surface area contributed by atoms with Crippen molar-refractivity contribution in [1.29, 1.82) is 0 Å². The van der Waals surface area contributed by atoms with Crippen molar-refractivity contribution in [3.8, 4) is 0 Å². The average molecular weight is 200 g/mol. The monoisotopic (exact) mass is 200 g/mol. The van der Waals surface area contributed by atoms with E-state index in [4.69, 9.17) is 0 Å². The van der Waals surface area contributed by atoms with Crippen LogP contribution in [0.2, 0.25) is 0 Å². The van der Waals surface area contributed by atoms with Crippen LogP contribution < -0.4 is 0 Å². The third-order valence-electron chi connectivity index (χ3n) is 2.26. The molecule has 0 aliphatic rings. The van der Waals surface area contributed by atoms with Crippen LogP contribution in [0.25, 0.3) is 0 Å². The molecule has 0 rings (SSSR count). The second kappa shape index (κ2) is 7.30. The molecule has 0 aliphatic carbocycles. The Kier molecular flexibility index (Phi) is 7.23. The highest BCUT2D eigenvalue weighted by Gasteiger charge is 2.11. The molecule has 0 amide bonds. The standard InChI is InChI=1S/C10H24N2Si/c1-11(2)10(12(3)4)8-6-5-7-9-13/h7,9-10H,5-6,8H2,1-4,13H3. The fourth-order valence-corrected chi connectivity index (χ4v) is 1.90. The van der Waals surface area contributed by atoms with Gasteiger partial charge in [-0.2, -0.15) is 0 Å². The van der Waals surface area contributed by atoms with Gasteiger partial charge in [-0.15, -0.1) is 5.70 Å². The molecule has 0 atom stereocenters. The molecule has 0 N–H and O–H groups in total. The smallest absolute Gasteiger partial charge is 0.0612 e. The van der Waals surface area contributed by atoms with Gasteiger partial charge in [-0.05, 0) is 47.5 Å². The lowest BCUT2D eigenvalue weighted by atomic mass is 10.2. The van der Waals surface area contributed by atoms with E-state index in [2.05, 4.69) is 49.8 Å². The molecule has 0 bridgehead atoms. The molecule has 0 heterocycles. The second-order valence-electron chi connectivity index (χ2n) is 3.91. The Bertz CT molecular complexity index is 136. The van der Waals surface area contributed by atoms with E-state index in [0.717, 1.165) is 0 Å². The predicted molar refractivity (Wildman–Crippen MR) is 64.1 cm³/mol. The van der Waals surface area contributed by atoms with Gasteiger partial charge < -0.3 is 0 Å². The summed E-state index contributed by atoms with van der Waals surface area (Å²) in [6, 6.07) is 0. The van der Waals surface area contributed by atoms with E-state index in [9.17, 15) is 0 Å². The molecular formula is C10H24N2Si. The highest BCUT2D eigenvalue weighted by molar-refractivity contribution is 6.16. The lowest BCUT2D eigenvalue weighted by Crippen LogP contribution is -2.40. The highest BCUT2D eigenvalue weighted by Crippen LogP contribution is 2.08. The molecule has 0 radical (unpaired) electrons. The molecule has 0 saturated heterocycles. The first-order valence-electron chi connectivity index (χ1n) is 5.03. The van der Waals surface area contributed by atoms with Gasteiger partial charge in [0.05, 0.1) is 6.17 Å². The largest absolute Gasteiger partial charge is 0.294 e. The lowest BCUT2D eigenvalue weighted by Gasteiger charge is -2.30. The Morgan fingerprint density at radius 2 is 1.69 bits per heavy atom. The van der Waals surface area contributed by atoms with Crippen LogP contribution in [0.3, 0.4) is 0 Å².